The van der Waals surface area contributed by atoms with Gasteiger partial charge in [-0.15, -0.1) is 0 Å². The molecule has 0 radical (unpaired) electrons. The minimum absolute atomic E-state index is 0.0615. The molecule has 0 N–H and O–H groups in total. The van der Waals surface area contributed by atoms with Crippen molar-refractivity contribution in [2.75, 3.05) is 26.2 Å². The average molecular weight is 302 g/mol. The molecule has 0 aliphatic carbocycles. The van der Waals surface area contributed by atoms with Crippen LogP contribution in [-0.2, 0) is 0 Å². The van der Waals surface area contributed by atoms with E-state index in [1.54, 1.807) is 0 Å². The predicted molar refractivity (Wildman–Crippen MR) is 88.1 cm³/mol. The fraction of sp³-hybridized carbons (Fsp3) is 0.556. The predicted octanol–water partition coefficient (Wildman–Crippen LogP) is 3.35. The van der Waals surface area contributed by atoms with Crippen LogP contribution in [0.15, 0.2) is 24.3 Å². The van der Waals surface area contributed by atoms with Gasteiger partial charge in [-0.05, 0) is 33.6 Å². The first kappa shape index (κ1) is 16.5. The summed E-state index contributed by atoms with van der Waals surface area (Å²) in [5.41, 5.74) is 1.91. The molecule has 1 unspecified atom stereocenters. The van der Waals surface area contributed by atoms with Gasteiger partial charge in [0.25, 0.3) is 0 Å². The summed E-state index contributed by atoms with van der Waals surface area (Å²) in [5, 5.41) is 0. The number of carbonyl (C=O) groups is 2. The molecule has 1 aliphatic rings. The molecule has 1 atom stereocenters. The van der Waals surface area contributed by atoms with Gasteiger partial charge in [0.1, 0.15) is 0 Å². The number of aryl methyl sites for hydroxylation is 1. The Bertz CT molecular complexity index is 520. The monoisotopic (exact) mass is 302 g/mol. The lowest BCUT2D eigenvalue weighted by molar-refractivity contribution is 0.0822. The van der Waals surface area contributed by atoms with E-state index in [9.17, 15) is 9.59 Å². The Morgan fingerprint density at radius 1 is 1.18 bits per heavy atom. The summed E-state index contributed by atoms with van der Waals surface area (Å²) in [6.45, 7) is 8.71. The fourth-order valence-corrected chi connectivity index (χ4v) is 3.01. The van der Waals surface area contributed by atoms with Crippen LogP contribution in [0.1, 0.15) is 42.6 Å². The second-order valence-electron chi connectivity index (χ2n) is 5.97. The Morgan fingerprint density at radius 3 is 2.41 bits per heavy atom. The first-order chi connectivity index (χ1) is 10.6. The average Bonchev–Trinajstić information content (AvgIpc) is 2.56. The molecule has 22 heavy (non-hydrogen) atoms. The Labute approximate surface area is 133 Å². The molecule has 2 rings (SSSR count). The second kappa shape index (κ2) is 7.43. The van der Waals surface area contributed by atoms with Crippen LogP contribution in [0.5, 0.6) is 0 Å². The zero-order valence-corrected chi connectivity index (χ0v) is 13.8. The number of benzene rings is 1. The van der Waals surface area contributed by atoms with E-state index < -0.39 is 0 Å². The number of Topliss-reactive ketones (excluding diaryl/α,β-unsaturated/α-hetero) is 1. The lowest BCUT2D eigenvalue weighted by atomic mass is 9.90. The maximum Gasteiger partial charge on any atom is 0.320 e. The molecule has 1 aromatic carbocycles. The Morgan fingerprint density at radius 2 is 1.82 bits per heavy atom. The summed E-state index contributed by atoms with van der Waals surface area (Å²) in [5.74, 6) is 0.0908. The topological polar surface area (TPSA) is 40.6 Å². The van der Waals surface area contributed by atoms with E-state index in [0.717, 1.165) is 30.5 Å². The molecule has 1 saturated heterocycles. The van der Waals surface area contributed by atoms with Crippen LogP contribution in [0.2, 0.25) is 0 Å². The third-order valence-corrected chi connectivity index (χ3v) is 4.43. The van der Waals surface area contributed by atoms with Crippen molar-refractivity contribution in [1.29, 1.82) is 0 Å². The van der Waals surface area contributed by atoms with E-state index in [2.05, 4.69) is 0 Å². The minimum atomic E-state index is -0.0732. The molecule has 2 amide bonds. The lowest BCUT2D eigenvalue weighted by Gasteiger charge is -2.35. The zero-order chi connectivity index (χ0) is 16.1. The van der Waals surface area contributed by atoms with E-state index >= 15 is 0 Å². The van der Waals surface area contributed by atoms with Crippen LogP contribution in [-0.4, -0.2) is 47.8 Å². The Kier molecular flexibility index (Phi) is 5.58. The Hall–Kier alpha value is -1.84. The fourth-order valence-electron chi connectivity index (χ4n) is 3.01. The van der Waals surface area contributed by atoms with Crippen molar-refractivity contribution in [3.8, 4) is 0 Å². The van der Waals surface area contributed by atoms with Gasteiger partial charge < -0.3 is 9.80 Å². The maximum absolute atomic E-state index is 12.6. The SMILES string of the molecule is CCN(CC)C(=O)N1CCCC(C(=O)c2ccc(C)cc2)C1. The number of nitrogens with zero attached hydrogens (tertiary/aromatic N) is 2. The van der Waals surface area contributed by atoms with Crippen LogP contribution in [0, 0.1) is 12.8 Å². The highest BCUT2D eigenvalue weighted by Crippen LogP contribution is 2.22. The molecule has 0 aromatic heterocycles. The normalized spacial score (nSPS) is 18.1. The summed E-state index contributed by atoms with van der Waals surface area (Å²) in [4.78, 5) is 28.7. The smallest absolute Gasteiger partial charge is 0.320 e. The van der Waals surface area contributed by atoms with Crippen molar-refractivity contribution < 1.29 is 9.59 Å². The second-order valence-corrected chi connectivity index (χ2v) is 5.97. The number of carbonyl (C=O) groups excluding carboxylic acids is 2. The van der Waals surface area contributed by atoms with Gasteiger partial charge in [-0.25, -0.2) is 4.79 Å². The number of urea groups is 1. The summed E-state index contributed by atoms with van der Waals surface area (Å²) >= 11 is 0. The van der Waals surface area contributed by atoms with E-state index in [1.165, 1.54) is 0 Å². The molecular formula is C18H26N2O2. The summed E-state index contributed by atoms with van der Waals surface area (Å²) in [7, 11) is 0. The molecule has 4 nitrogen and oxygen atoms in total. The van der Waals surface area contributed by atoms with Crippen molar-refractivity contribution in [1.82, 2.24) is 9.80 Å². The number of likely N-dealkylation sites (tertiary alicyclic amines) is 1. The van der Waals surface area contributed by atoms with Crippen LogP contribution in [0.3, 0.4) is 0 Å². The van der Waals surface area contributed by atoms with Crippen molar-refractivity contribution in [3.05, 3.63) is 35.4 Å². The molecular weight excluding hydrogens is 276 g/mol. The molecule has 120 valence electrons. The van der Waals surface area contributed by atoms with E-state index in [1.807, 2.05) is 54.8 Å². The van der Waals surface area contributed by atoms with Crippen LogP contribution in [0.25, 0.3) is 0 Å². The molecule has 1 heterocycles. The molecule has 1 aliphatic heterocycles. The lowest BCUT2D eigenvalue weighted by Crippen LogP contribution is -2.48. The van der Waals surface area contributed by atoms with Gasteiger partial charge in [-0.1, -0.05) is 29.8 Å². The highest BCUT2D eigenvalue weighted by atomic mass is 16.2. The standard InChI is InChI=1S/C18H26N2O2/c1-4-19(5-2)18(22)20-12-6-7-16(13-20)17(21)15-10-8-14(3)9-11-15/h8-11,16H,4-7,12-13H2,1-3H3. The van der Waals surface area contributed by atoms with Gasteiger partial charge in [0, 0.05) is 37.7 Å². The summed E-state index contributed by atoms with van der Waals surface area (Å²) in [6, 6.07) is 7.78. The summed E-state index contributed by atoms with van der Waals surface area (Å²) in [6.07, 6.45) is 1.77. The molecule has 0 spiro atoms. The number of hydrogen-bond donors (Lipinski definition) is 0. The highest BCUT2D eigenvalue weighted by Gasteiger charge is 2.30. The number of hydrogen-bond acceptors (Lipinski definition) is 2. The molecule has 1 fully saturated rings. The highest BCUT2D eigenvalue weighted by molar-refractivity contribution is 5.98. The van der Waals surface area contributed by atoms with Crippen LogP contribution < -0.4 is 0 Å². The molecule has 1 aromatic rings. The molecule has 0 saturated carbocycles. The van der Waals surface area contributed by atoms with Gasteiger partial charge >= 0.3 is 6.03 Å². The van der Waals surface area contributed by atoms with Gasteiger partial charge in [-0.2, -0.15) is 0 Å². The van der Waals surface area contributed by atoms with Crippen molar-refractivity contribution >= 4 is 11.8 Å². The number of ketones is 1. The van der Waals surface area contributed by atoms with Crippen LogP contribution in [0.4, 0.5) is 4.79 Å². The number of amides is 2. The maximum atomic E-state index is 12.6. The largest absolute Gasteiger partial charge is 0.325 e. The molecule has 0 bridgehead atoms. The van der Waals surface area contributed by atoms with Crippen LogP contribution >= 0.6 is 0 Å². The quantitative estimate of drug-likeness (QED) is 0.800. The zero-order valence-electron chi connectivity index (χ0n) is 13.8. The third kappa shape index (κ3) is 3.67. The molecule has 4 heteroatoms. The first-order valence-electron chi connectivity index (χ1n) is 8.21. The Balaban J connectivity index is 2.05. The van der Waals surface area contributed by atoms with Gasteiger partial charge in [0.2, 0.25) is 0 Å². The van der Waals surface area contributed by atoms with E-state index in [-0.39, 0.29) is 17.7 Å². The van der Waals surface area contributed by atoms with Gasteiger partial charge in [-0.3, -0.25) is 4.79 Å². The number of rotatable bonds is 4. The van der Waals surface area contributed by atoms with Crippen molar-refractivity contribution in [3.63, 3.8) is 0 Å². The van der Waals surface area contributed by atoms with E-state index in [4.69, 9.17) is 0 Å². The van der Waals surface area contributed by atoms with Gasteiger partial charge in [0.15, 0.2) is 5.78 Å². The number of piperidine rings is 1. The van der Waals surface area contributed by atoms with Crippen molar-refractivity contribution in [2.24, 2.45) is 5.92 Å². The minimum Gasteiger partial charge on any atom is -0.325 e. The summed E-state index contributed by atoms with van der Waals surface area (Å²) < 4.78 is 0. The van der Waals surface area contributed by atoms with Crippen molar-refractivity contribution in [2.45, 2.75) is 33.6 Å². The van der Waals surface area contributed by atoms with Gasteiger partial charge in [0.05, 0.1) is 0 Å². The van der Waals surface area contributed by atoms with E-state index in [0.29, 0.717) is 19.6 Å². The third-order valence-electron chi connectivity index (χ3n) is 4.43. The first-order valence-corrected chi connectivity index (χ1v) is 8.21.